The minimum absolute atomic E-state index is 0.216. The van der Waals surface area contributed by atoms with Gasteiger partial charge in [-0.3, -0.25) is 0 Å². The van der Waals surface area contributed by atoms with Crippen molar-refractivity contribution in [3.05, 3.63) is 33.8 Å². The van der Waals surface area contributed by atoms with E-state index >= 15 is 0 Å². The molecule has 0 fully saturated rings. The Morgan fingerprint density at radius 2 is 2.10 bits per heavy atom. The Kier molecular flexibility index (Phi) is 4.77. The molecule has 21 heavy (non-hydrogen) atoms. The van der Waals surface area contributed by atoms with Crippen LogP contribution in [0.2, 0.25) is 0 Å². The van der Waals surface area contributed by atoms with Gasteiger partial charge < -0.3 is 9.64 Å². The van der Waals surface area contributed by atoms with E-state index in [-0.39, 0.29) is 5.97 Å². The second-order valence-electron chi connectivity index (χ2n) is 6.20. The molecule has 0 amide bonds. The van der Waals surface area contributed by atoms with Crippen molar-refractivity contribution in [1.29, 1.82) is 0 Å². The number of hydrogen-bond donors (Lipinski definition) is 0. The summed E-state index contributed by atoms with van der Waals surface area (Å²) in [4.78, 5) is 14.6. The first-order valence-corrected chi connectivity index (χ1v) is 8.08. The normalized spacial score (nSPS) is 15.1. The molecule has 0 saturated carbocycles. The molecule has 1 aromatic carbocycles. The zero-order valence-corrected chi connectivity index (χ0v) is 14.7. The predicted molar refractivity (Wildman–Crippen MR) is 90.5 cm³/mol. The van der Waals surface area contributed by atoms with Gasteiger partial charge in [0, 0.05) is 28.8 Å². The molecule has 0 aliphatic carbocycles. The molecule has 1 aliphatic heterocycles. The summed E-state index contributed by atoms with van der Waals surface area (Å²) < 4.78 is 6.52. The van der Waals surface area contributed by atoms with Crippen molar-refractivity contribution in [2.24, 2.45) is 0 Å². The highest BCUT2D eigenvalue weighted by molar-refractivity contribution is 9.10. The van der Waals surface area contributed by atoms with Crippen LogP contribution in [0.15, 0.2) is 28.2 Å². The van der Waals surface area contributed by atoms with Crippen molar-refractivity contribution >= 4 is 33.7 Å². The number of benzene rings is 1. The molecule has 4 heteroatoms. The van der Waals surface area contributed by atoms with Gasteiger partial charge in [0.15, 0.2) is 0 Å². The van der Waals surface area contributed by atoms with Gasteiger partial charge in [-0.1, -0.05) is 15.9 Å². The lowest BCUT2D eigenvalue weighted by atomic mass is 10.1. The van der Waals surface area contributed by atoms with Crippen LogP contribution in [0.1, 0.15) is 39.7 Å². The Morgan fingerprint density at radius 3 is 2.71 bits per heavy atom. The number of anilines is 1. The molecule has 1 aliphatic rings. The maximum absolute atomic E-state index is 12.3. The molecule has 0 bridgehead atoms. The third kappa shape index (κ3) is 4.10. The smallest absolute Gasteiger partial charge is 0.334 e. The van der Waals surface area contributed by atoms with Gasteiger partial charge in [0.1, 0.15) is 5.60 Å². The highest BCUT2D eigenvalue weighted by Gasteiger charge is 2.23. The van der Waals surface area contributed by atoms with Crippen LogP contribution in [0.3, 0.4) is 0 Å². The van der Waals surface area contributed by atoms with E-state index in [1.54, 1.807) is 0 Å². The molecule has 3 nitrogen and oxygen atoms in total. The summed E-state index contributed by atoms with van der Waals surface area (Å²) >= 11 is 3.50. The monoisotopic (exact) mass is 351 g/mol. The molecule has 2 rings (SSSR count). The van der Waals surface area contributed by atoms with Crippen molar-refractivity contribution in [1.82, 2.24) is 0 Å². The maximum Gasteiger partial charge on any atom is 0.334 e. The van der Waals surface area contributed by atoms with Crippen LogP contribution in [0.25, 0.3) is 6.08 Å². The highest BCUT2D eigenvalue weighted by Crippen LogP contribution is 2.31. The summed E-state index contributed by atoms with van der Waals surface area (Å²) in [6, 6.07) is 6.18. The molecule has 114 valence electrons. The quantitative estimate of drug-likeness (QED) is 0.739. The van der Waals surface area contributed by atoms with Crippen LogP contribution in [0.4, 0.5) is 5.69 Å². The molecule has 0 unspecified atom stereocenters. The van der Waals surface area contributed by atoms with Crippen molar-refractivity contribution < 1.29 is 9.53 Å². The Morgan fingerprint density at radius 1 is 1.38 bits per heavy atom. The topological polar surface area (TPSA) is 29.5 Å². The Hall–Kier alpha value is -1.29. The summed E-state index contributed by atoms with van der Waals surface area (Å²) in [5.74, 6) is -0.216. The second-order valence-corrected chi connectivity index (χ2v) is 7.12. The van der Waals surface area contributed by atoms with Gasteiger partial charge in [0.25, 0.3) is 0 Å². The lowest BCUT2D eigenvalue weighted by Crippen LogP contribution is -2.27. The predicted octanol–water partition coefficient (Wildman–Crippen LogP) is 4.40. The molecule has 0 N–H and O–H groups in total. The van der Waals surface area contributed by atoms with E-state index in [0.717, 1.165) is 28.7 Å². The fourth-order valence-electron chi connectivity index (χ4n) is 2.40. The molecule has 1 heterocycles. The van der Waals surface area contributed by atoms with Crippen LogP contribution >= 0.6 is 15.9 Å². The largest absolute Gasteiger partial charge is 0.457 e. The number of hydrogen-bond acceptors (Lipinski definition) is 3. The average molecular weight is 352 g/mol. The Balaban J connectivity index is 2.36. The Labute approximate surface area is 135 Å². The second kappa shape index (κ2) is 6.22. The zero-order valence-electron chi connectivity index (χ0n) is 13.1. The molecule has 0 atom stereocenters. The van der Waals surface area contributed by atoms with Gasteiger partial charge in [-0.2, -0.15) is 0 Å². The van der Waals surface area contributed by atoms with Crippen LogP contribution in [-0.2, 0) is 9.53 Å². The third-order valence-corrected chi connectivity index (χ3v) is 3.85. The molecule has 0 radical (unpaired) electrons. The highest BCUT2D eigenvalue weighted by atomic mass is 79.9. The minimum Gasteiger partial charge on any atom is -0.457 e. The van der Waals surface area contributed by atoms with Crippen LogP contribution < -0.4 is 4.90 Å². The number of carbonyl (C=O) groups excluding carboxylic acids is 1. The summed E-state index contributed by atoms with van der Waals surface area (Å²) in [7, 11) is 0. The van der Waals surface area contributed by atoms with E-state index < -0.39 is 5.60 Å². The van der Waals surface area contributed by atoms with Gasteiger partial charge in [0.2, 0.25) is 0 Å². The number of nitrogens with zero attached hydrogens (tertiary/aromatic N) is 1. The first-order chi connectivity index (χ1) is 9.80. The van der Waals surface area contributed by atoms with Gasteiger partial charge in [0.05, 0.1) is 0 Å². The molecule has 0 saturated heterocycles. The van der Waals surface area contributed by atoms with Gasteiger partial charge >= 0.3 is 5.97 Å². The van der Waals surface area contributed by atoms with Crippen LogP contribution in [-0.4, -0.2) is 24.7 Å². The van der Waals surface area contributed by atoms with E-state index in [0.29, 0.717) is 6.42 Å². The fourth-order valence-corrected chi connectivity index (χ4v) is 2.78. The van der Waals surface area contributed by atoms with Crippen molar-refractivity contribution in [2.45, 2.75) is 39.7 Å². The number of fused-ring (bicyclic) bond motifs is 1. The van der Waals surface area contributed by atoms with Gasteiger partial charge in [-0.15, -0.1) is 0 Å². The molecular weight excluding hydrogens is 330 g/mol. The average Bonchev–Trinajstić information content (AvgIpc) is 2.55. The molecule has 0 aromatic heterocycles. The first kappa shape index (κ1) is 16.1. The summed E-state index contributed by atoms with van der Waals surface area (Å²) in [6.45, 7) is 9.56. The zero-order chi connectivity index (χ0) is 15.6. The lowest BCUT2D eigenvalue weighted by Gasteiger charge is -2.23. The van der Waals surface area contributed by atoms with Gasteiger partial charge in [-0.25, -0.2) is 4.79 Å². The first-order valence-electron chi connectivity index (χ1n) is 7.28. The van der Waals surface area contributed by atoms with Crippen molar-refractivity contribution in [3.63, 3.8) is 0 Å². The van der Waals surface area contributed by atoms with Crippen LogP contribution in [0, 0.1) is 0 Å². The van der Waals surface area contributed by atoms with E-state index in [1.807, 2.05) is 39.0 Å². The SMILES string of the molecule is CCN1CCC(C(=O)OC(C)(C)C)=Cc2cc(Br)ccc21. The third-order valence-electron chi connectivity index (χ3n) is 3.35. The van der Waals surface area contributed by atoms with Crippen molar-refractivity contribution in [3.8, 4) is 0 Å². The minimum atomic E-state index is -0.464. The molecular formula is C17H22BrNO2. The molecule has 1 aromatic rings. The van der Waals surface area contributed by atoms with E-state index in [4.69, 9.17) is 4.74 Å². The fraction of sp³-hybridized carbons (Fsp3) is 0.471. The van der Waals surface area contributed by atoms with Gasteiger partial charge in [-0.05, 0) is 64.0 Å². The summed E-state index contributed by atoms with van der Waals surface area (Å²) in [6.07, 6.45) is 2.67. The van der Waals surface area contributed by atoms with Crippen LogP contribution in [0.5, 0.6) is 0 Å². The number of halogens is 1. The van der Waals surface area contributed by atoms with E-state index in [1.165, 1.54) is 5.69 Å². The number of rotatable bonds is 2. The number of carbonyl (C=O) groups is 1. The Bertz CT molecular complexity index is 573. The standard InChI is InChI=1S/C17H22BrNO2/c1-5-19-9-8-12(16(20)21-17(2,3)4)10-13-11-14(18)6-7-15(13)19/h6-7,10-11H,5,8-9H2,1-4H3. The number of esters is 1. The summed E-state index contributed by atoms with van der Waals surface area (Å²) in [5, 5.41) is 0. The molecule has 0 spiro atoms. The maximum atomic E-state index is 12.3. The number of ether oxygens (including phenoxy) is 1. The lowest BCUT2D eigenvalue weighted by molar-refractivity contribution is -0.149. The summed E-state index contributed by atoms with van der Waals surface area (Å²) in [5.41, 5.74) is 2.50. The van der Waals surface area contributed by atoms with Crippen molar-refractivity contribution in [2.75, 3.05) is 18.0 Å². The van der Waals surface area contributed by atoms with E-state index in [9.17, 15) is 4.79 Å². The van der Waals surface area contributed by atoms with E-state index in [2.05, 4.69) is 33.8 Å².